The van der Waals surface area contributed by atoms with Gasteiger partial charge in [0.15, 0.2) is 6.10 Å². The van der Waals surface area contributed by atoms with Gasteiger partial charge in [-0.05, 0) is 26.0 Å². The van der Waals surface area contributed by atoms with Crippen molar-refractivity contribution in [3.05, 3.63) is 23.8 Å². The van der Waals surface area contributed by atoms with Gasteiger partial charge in [0, 0.05) is 0 Å². The summed E-state index contributed by atoms with van der Waals surface area (Å²) in [6.07, 6.45) is -1.25. The van der Waals surface area contributed by atoms with Crippen molar-refractivity contribution >= 4 is 5.78 Å². The number of ketones is 1. The molecule has 0 saturated heterocycles. The van der Waals surface area contributed by atoms with Gasteiger partial charge in [-0.1, -0.05) is 6.07 Å². The summed E-state index contributed by atoms with van der Waals surface area (Å²) in [5, 5.41) is 19.2. The molecule has 4 nitrogen and oxygen atoms in total. The van der Waals surface area contributed by atoms with E-state index in [9.17, 15) is 15.0 Å². The van der Waals surface area contributed by atoms with Crippen LogP contribution in [0.4, 0.5) is 0 Å². The lowest BCUT2D eigenvalue weighted by molar-refractivity contribution is -0.0252. The van der Waals surface area contributed by atoms with Crippen LogP contribution < -0.4 is 4.74 Å². The van der Waals surface area contributed by atoms with Crippen molar-refractivity contribution < 1.29 is 19.7 Å². The number of carbonyl (C=O) groups excluding carboxylic acids is 1. The lowest BCUT2D eigenvalue weighted by atomic mass is 9.89. The molecule has 2 rings (SSSR count). The first kappa shape index (κ1) is 9.98. The predicted molar refractivity (Wildman–Crippen MR) is 53.2 cm³/mol. The Labute approximate surface area is 87.1 Å². The van der Waals surface area contributed by atoms with E-state index in [-0.39, 0.29) is 11.3 Å². The van der Waals surface area contributed by atoms with Gasteiger partial charge in [-0.15, -0.1) is 0 Å². The third-order valence-corrected chi connectivity index (χ3v) is 2.53. The fourth-order valence-corrected chi connectivity index (χ4v) is 1.64. The van der Waals surface area contributed by atoms with E-state index in [1.165, 1.54) is 6.07 Å². The van der Waals surface area contributed by atoms with Crippen LogP contribution in [0.2, 0.25) is 0 Å². The minimum atomic E-state index is -1.25. The number of carbonyl (C=O) groups is 1. The molecule has 15 heavy (non-hydrogen) atoms. The van der Waals surface area contributed by atoms with E-state index in [0.717, 1.165) is 0 Å². The summed E-state index contributed by atoms with van der Waals surface area (Å²) in [6.45, 7) is 3.26. The molecule has 0 radical (unpaired) electrons. The molecule has 0 aromatic heterocycles. The standard InChI is InChI=1S/C11H12O4/c1-11(2)10(14)9(13)8-6(12)4-3-5-7(8)15-11/h3-5,10,12,14H,1-2H3. The highest BCUT2D eigenvalue weighted by atomic mass is 16.5. The van der Waals surface area contributed by atoms with Crippen molar-refractivity contribution in [2.75, 3.05) is 0 Å². The minimum absolute atomic E-state index is 0.0596. The normalized spacial score (nSPS) is 23.1. The summed E-state index contributed by atoms with van der Waals surface area (Å²) in [5.41, 5.74) is -0.901. The first-order valence-electron chi connectivity index (χ1n) is 4.67. The van der Waals surface area contributed by atoms with Crippen LogP contribution in [-0.2, 0) is 0 Å². The molecule has 80 valence electrons. The summed E-state index contributed by atoms with van der Waals surface area (Å²) in [7, 11) is 0. The SMILES string of the molecule is CC1(C)Oc2cccc(O)c2C(=O)C1O. The molecule has 1 aromatic rings. The molecule has 0 spiro atoms. The fourth-order valence-electron chi connectivity index (χ4n) is 1.64. The van der Waals surface area contributed by atoms with Gasteiger partial charge >= 0.3 is 0 Å². The molecule has 2 N–H and O–H groups in total. The highest BCUT2D eigenvalue weighted by molar-refractivity contribution is 6.05. The molecule has 1 heterocycles. The van der Waals surface area contributed by atoms with E-state index in [4.69, 9.17) is 4.74 Å². The van der Waals surface area contributed by atoms with Crippen molar-refractivity contribution in [2.45, 2.75) is 25.6 Å². The molecule has 1 aliphatic rings. The molecular formula is C11H12O4. The van der Waals surface area contributed by atoms with Crippen LogP contribution in [0.1, 0.15) is 24.2 Å². The largest absolute Gasteiger partial charge is 0.507 e. The molecule has 0 aliphatic carbocycles. The monoisotopic (exact) mass is 208 g/mol. The number of aliphatic hydroxyl groups is 1. The maximum atomic E-state index is 11.8. The summed E-state index contributed by atoms with van der Waals surface area (Å²) in [4.78, 5) is 11.8. The second-order valence-electron chi connectivity index (χ2n) is 4.12. The van der Waals surface area contributed by atoms with Crippen LogP contribution in [0, 0.1) is 0 Å². The van der Waals surface area contributed by atoms with Gasteiger partial charge in [0.2, 0.25) is 5.78 Å². The summed E-state index contributed by atoms with van der Waals surface area (Å²) in [5.74, 6) is -0.346. The van der Waals surface area contributed by atoms with E-state index >= 15 is 0 Å². The number of hydrogen-bond donors (Lipinski definition) is 2. The molecular weight excluding hydrogens is 196 g/mol. The third-order valence-electron chi connectivity index (χ3n) is 2.53. The van der Waals surface area contributed by atoms with Gasteiger partial charge in [0.1, 0.15) is 22.7 Å². The molecule has 4 heteroatoms. The van der Waals surface area contributed by atoms with Gasteiger partial charge in [-0.3, -0.25) is 4.79 Å². The molecule has 0 fully saturated rings. The van der Waals surface area contributed by atoms with E-state index in [2.05, 4.69) is 0 Å². The number of aromatic hydroxyl groups is 1. The molecule has 1 atom stereocenters. The number of benzene rings is 1. The zero-order chi connectivity index (χ0) is 11.2. The third kappa shape index (κ3) is 1.37. The van der Waals surface area contributed by atoms with Gasteiger partial charge in [-0.2, -0.15) is 0 Å². The molecule has 0 saturated carbocycles. The lowest BCUT2D eigenvalue weighted by Gasteiger charge is -2.35. The smallest absolute Gasteiger partial charge is 0.202 e. The maximum Gasteiger partial charge on any atom is 0.202 e. The quantitative estimate of drug-likeness (QED) is 0.670. The first-order chi connectivity index (χ1) is 6.93. The molecule has 0 amide bonds. The Kier molecular flexibility index (Phi) is 1.98. The number of ether oxygens (including phenoxy) is 1. The highest BCUT2D eigenvalue weighted by Crippen LogP contribution is 2.37. The predicted octanol–water partition coefficient (Wildman–Crippen LogP) is 1.11. The Bertz CT molecular complexity index is 423. The van der Waals surface area contributed by atoms with E-state index in [1.54, 1.807) is 26.0 Å². The first-order valence-corrected chi connectivity index (χ1v) is 4.67. The Balaban J connectivity index is 2.61. The van der Waals surface area contributed by atoms with Crippen molar-refractivity contribution in [3.8, 4) is 11.5 Å². The van der Waals surface area contributed by atoms with Crippen LogP contribution in [0.25, 0.3) is 0 Å². The average molecular weight is 208 g/mol. The highest BCUT2D eigenvalue weighted by Gasteiger charge is 2.43. The van der Waals surface area contributed by atoms with Gasteiger partial charge in [-0.25, -0.2) is 0 Å². The average Bonchev–Trinajstić information content (AvgIpc) is 2.13. The Morgan fingerprint density at radius 1 is 1.40 bits per heavy atom. The number of rotatable bonds is 0. The van der Waals surface area contributed by atoms with Crippen molar-refractivity contribution in [1.29, 1.82) is 0 Å². The fraction of sp³-hybridized carbons (Fsp3) is 0.364. The van der Waals surface area contributed by atoms with Crippen LogP contribution >= 0.6 is 0 Å². The van der Waals surface area contributed by atoms with E-state index < -0.39 is 17.5 Å². The van der Waals surface area contributed by atoms with Crippen LogP contribution in [0.3, 0.4) is 0 Å². The minimum Gasteiger partial charge on any atom is -0.507 e. The van der Waals surface area contributed by atoms with Crippen molar-refractivity contribution in [1.82, 2.24) is 0 Å². The zero-order valence-corrected chi connectivity index (χ0v) is 8.52. The summed E-state index contributed by atoms with van der Waals surface area (Å²) in [6, 6.07) is 4.58. The van der Waals surface area contributed by atoms with E-state index in [1.807, 2.05) is 0 Å². The Morgan fingerprint density at radius 2 is 2.07 bits per heavy atom. The molecule has 1 aliphatic heterocycles. The Morgan fingerprint density at radius 3 is 2.73 bits per heavy atom. The molecule has 1 unspecified atom stereocenters. The van der Waals surface area contributed by atoms with Crippen LogP contribution in [0.5, 0.6) is 11.5 Å². The number of phenols is 1. The number of hydrogen-bond acceptors (Lipinski definition) is 4. The summed E-state index contributed by atoms with van der Waals surface area (Å²) < 4.78 is 5.45. The number of Topliss-reactive ketones (excluding diaryl/α,β-unsaturated/α-hetero) is 1. The van der Waals surface area contributed by atoms with Gasteiger partial charge < -0.3 is 14.9 Å². The van der Waals surface area contributed by atoms with Crippen LogP contribution in [0.15, 0.2) is 18.2 Å². The van der Waals surface area contributed by atoms with Crippen molar-refractivity contribution in [3.63, 3.8) is 0 Å². The van der Waals surface area contributed by atoms with E-state index in [0.29, 0.717) is 5.75 Å². The second-order valence-corrected chi connectivity index (χ2v) is 4.12. The zero-order valence-electron chi connectivity index (χ0n) is 8.52. The maximum absolute atomic E-state index is 11.8. The second kappa shape index (κ2) is 2.97. The summed E-state index contributed by atoms with van der Waals surface area (Å²) >= 11 is 0. The number of phenolic OH excluding ortho intramolecular Hbond substituents is 1. The van der Waals surface area contributed by atoms with Gasteiger partial charge in [0.25, 0.3) is 0 Å². The number of fused-ring (bicyclic) bond motifs is 1. The Hall–Kier alpha value is -1.55. The lowest BCUT2D eigenvalue weighted by Crippen LogP contribution is -2.50. The topological polar surface area (TPSA) is 66.8 Å². The molecule has 1 aromatic carbocycles. The van der Waals surface area contributed by atoms with Crippen molar-refractivity contribution in [2.24, 2.45) is 0 Å². The number of aliphatic hydroxyl groups excluding tert-OH is 1. The van der Waals surface area contributed by atoms with Crippen LogP contribution in [-0.4, -0.2) is 27.7 Å². The molecule has 0 bridgehead atoms. The van der Waals surface area contributed by atoms with Gasteiger partial charge in [0.05, 0.1) is 0 Å².